The average Bonchev–Trinajstić information content (AvgIpc) is 2.44. The van der Waals surface area contributed by atoms with Crippen molar-refractivity contribution in [3.05, 3.63) is 0 Å². The topological polar surface area (TPSA) is 87.5 Å². The number of primary amides is 1. The molecule has 1 heterocycles. The van der Waals surface area contributed by atoms with E-state index in [1.165, 1.54) is 0 Å². The Labute approximate surface area is 102 Å². The molecule has 1 fully saturated rings. The Morgan fingerprint density at radius 1 is 1.41 bits per heavy atom. The van der Waals surface area contributed by atoms with E-state index in [4.69, 9.17) is 5.73 Å². The number of hydrogen-bond acceptors (Lipinski definition) is 4. The van der Waals surface area contributed by atoms with Crippen LogP contribution in [-0.2, 0) is 9.59 Å². The van der Waals surface area contributed by atoms with Crippen LogP contribution in [-0.4, -0.2) is 55.5 Å². The summed E-state index contributed by atoms with van der Waals surface area (Å²) in [7, 11) is 0. The van der Waals surface area contributed by atoms with Crippen LogP contribution in [0.2, 0.25) is 0 Å². The van der Waals surface area contributed by atoms with Gasteiger partial charge in [0.15, 0.2) is 0 Å². The zero-order valence-electron chi connectivity index (χ0n) is 10.4. The Kier molecular flexibility index (Phi) is 5.93. The van der Waals surface area contributed by atoms with Crippen LogP contribution in [0.3, 0.4) is 0 Å². The fourth-order valence-electron chi connectivity index (χ4n) is 1.94. The van der Waals surface area contributed by atoms with Crippen molar-refractivity contribution in [3.8, 4) is 0 Å². The van der Waals surface area contributed by atoms with Gasteiger partial charge in [-0.25, -0.2) is 0 Å². The van der Waals surface area contributed by atoms with E-state index in [0.29, 0.717) is 6.54 Å². The van der Waals surface area contributed by atoms with E-state index in [1.807, 2.05) is 0 Å². The molecule has 2 amide bonds. The minimum absolute atomic E-state index is 0.0411. The quantitative estimate of drug-likeness (QED) is 0.557. The molecular weight excluding hydrogens is 220 g/mol. The zero-order chi connectivity index (χ0) is 12.7. The Morgan fingerprint density at radius 3 is 2.88 bits per heavy atom. The van der Waals surface area contributed by atoms with E-state index in [0.717, 1.165) is 32.6 Å². The molecule has 17 heavy (non-hydrogen) atoms. The number of carbonyl (C=O) groups excluding carboxylic acids is 2. The van der Waals surface area contributed by atoms with Crippen LogP contribution in [0.1, 0.15) is 19.8 Å². The van der Waals surface area contributed by atoms with Gasteiger partial charge in [0, 0.05) is 25.6 Å². The lowest BCUT2D eigenvalue weighted by Gasteiger charge is -2.20. The molecule has 1 aliphatic heterocycles. The van der Waals surface area contributed by atoms with Crippen molar-refractivity contribution in [2.24, 2.45) is 5.73 Å². The van der Waals surface area contributed by atoms with Crippen LogP contribution in [0, 0.1) is 0 Å². The molecule has 1 atom stereocenters. The summed E-state index contributed by atoms with van der Waals surface area (Å²) in [6.07, 6.45) is 1.25. The average molecular weight is 242 g/mol. The maximum atomic E-state index is 11.7. The maximum Gasteiger partial charge on any atom is 0.234 e. The second kappa shape index (κ2) is 7.24. The van der Waals surface area contributed by atoms with Gasteiger partial charge in [-0.15, -0.1) is 0 Å². The van der Waals surface area contributed by atoms with Crippen LogP contribution in [0.5, 0.6) is 0 Å². The monoisotopic (exact) mass is 242 g/mol. The first kappa shape index (κ1) is 13.9. The van der Waals surface area contributed by atoms with E-state index in [-0.39, 0.29) is 18.4 Å². The first-order valence-corrected chi connectivity index (χ1v) is 6.08. The number of rotatable bonds is 5. The SMILES string of the molecule is CC(CC(N)=O)NC(=O)CN1CCCNCC1. The van der Waals surface area contributed by atoms with Gasteiger partial charge in [0.2, 0.25) is 11.8 Å². The molecule has 0 aromatic heterocycles. The van der Waals surface area contributed by atoms with Gasteiger partial charge in [-0.3, -0.25) is 14.5 Å². The van der Waals surface area contributed by atoms with Crippen molar-refractivity contribution in [2.75, 3.05) is 32.7 Å². The molecule has 1 unspecified atom stereocenters. The molecular formula is C11H22N4O2. The molecule has 0 spiro atoms. The van der Waals surface area contributed by atoms with Gasteiger partial charge in [0.1, 0.15) is 0 Å². The number of nitrogens with one attached hydrogen (secondary N) is 2. The highest BCUT2D eigenvalue weighted by Gasteiger charge is 2.14. The molecule has 0 aliphatic carbocycles. The van der Waals surface area contributed by atoms with Crippen LogP contribution in [0.25, 0.3) is 0 Å². The van der Waals surface area contributed by atoms with E-state index < -0.39 is 5.91 Å². The predicted octanol–water partition coefficient (Wildman–Crippen LogP) is -1.34. The van der Waals surface area contributed by atoms with Crippen molar-refractivity contribution >= 4 is 11.8 Å². The molecule has 1 rings (SSSR count). The van der Waals surface area contributed by atoms with Crippen LogP contribution in [0.4, 0.5) is 0 Å². The highest BCUT2D eigenvalue weighted by Crippen LogP contribution is 1.96. The number of nitrogens with zero attached hydrogens (tertiary/aromatic N) is 1. The van der Waals surface area contributed by atoms with Gasteiger partial charge in [0.25, 0.3) is 0 Å². The van der Waals surface area contributed by atoms with Crippen molar-refractivity contribution in [1.82, 2.24) is 15.5 Å². The van der Waals surface area contributed by atoms with Gasteiger partial charge in [0.05, 0.1) is 6.54 Å². The normalized spacial score (nSPS) is 19.4. The molecule has 0 saturated carbocycles. The second-order valence-corrected chi connectivity index (χ2v) is 4.52. The molecule has 0 aromatic carbocycles. The smallest absolute Gasteiger partial charge is 0.234 e. The fraction of sp³-hybridized carbons (Fsp3) is 0.818. The predicted molar refractivity (Wildman–Crippen MR) is 65.3 cm³/mol. The third kappa shape index (κ3) is 6.23. The zero-order valence-corrected chi connectivity index (χ0v) is 10.4. The first-order chi connectivity index (χ1) is 8.08. The van der Waals surface area contributed by atoms with E-state index in [2.05, 4.69) is 15.5 Å². The Hall–Kier alpha value is -1.14. The molecule has 1 saturated heterocycles. The lowest BCUT2D eigenvalue weighted by Crippen LogP contribution is -2.43. The summed E-state index contributed by atoms with van der Waals surface area (Å²) >= 11 is 0. The number of carbonyl (C=O) groups is 2. The van der Waals surface area contributed by atoms with Crippen molar-refractivity contribution in [3.63, 3.8) is 0 Å². The maximum absolute atomic E-state index is 11.7. The van der Waals surface area contributed by atoms with Crippen LogP contribution < -0.4 is 16.4 Å². The Balaban J connectivity index is 2.25. The van der Waals surface area contributed by atoms with Crippen molar-refractivity contribution < 1.29 is 9.59 Å². The van der Waals surface area contributed by atoms with E-state index in [1.54, 1.807) is 6.92 Å². The lowest BCUT2D eigenvalue weighted by atomic mass is 10.2. The summed E-state index contributed by atoms with van der Waals surface area (Å²) in [4.78, 5) is 24.5. The second-order valence-electron chi connectivity index (χ2n) is 4.52. The Bertz CT molecular complexity index is 262. The highest BCUT2D eigenvalue weighted by molar-refractivity contribution is 5.80. The molecule has 6 heteroatoms. The summed E-state index contributed by atoms with van der Waals surface area (Å²) in [5.41, 5.74) is 5.07. The van der Waals surface area contributed by atoms with Gasteiger partial charge >= 0.3 is 0 Å². The number of hydrogen-bond donors (Lipinski definition) is 3. The lowest BCUT2D eigenvalue weighted by molar-refractivity contribution is -0.123. The van der Waals surface area contributed by atoms with E-state index in [9.17, 15) is 9.59 Å². The van der Waals surface area contributed by atoms with Crippen LogP contribution >= 0.6 is 0 Å². The molecule has 6 nitrogen and oxygen atoms in total. The molecule has 0 aromatic rings. The van der Waals surface area contributed by atoms with E-state index >= 15 is 0 Å². The van der Waals surface area contributed by atoms with Gasteiger partial charge in [-0.2, -0.15) is 0 Å². The summed E-state index contributed by atoms with van der Waals surface area (Å²) in [5, 5.41) is 6.06. The summed E-state index contributed by atoms with van der Waals surface area (Å²) < 4.78 is 0. The summed E-state index contributed by atoms with van der Waals surface area (Å²) in [6.45, 7) is 5.93. The molecule has 0 bridgehead atoms. The third-order valence-electron chi connectivity index (χ3n) is 2.71. The summed E-state index contributed by atoms with van der Waals surface area (Å²) in [5.74, 6) is -0.433. The van der Waals surface area contributed by atoms with Crippen molar-refractivity contribution in [1.29, 1.82) is 0 Å². The number of nitrogens with two attached hydrogens (primary N) is 1. The van der Waals surface area contributed by atoms with Crippen molar-refractivity contribution in [2.45, 2.75) is 25.8 Å². The van der Waals surface area contributed by atoms with Gasteiger partial charge < -0.3 is 16.4 Å². The molecule has 0 radical (unpaired) electrons. The van der Waals surface area contributed by atoms with Gasteiger partial charge in [-0.1, -0.05) is 0 Å². The fourth-order valence-corrected chi connectivity index (χ4v) is 1.94. The highest BCUT2D eigenvalue weighted by atomic mass is 16.2. The molecule has 1 aliphatic rings. The first-order valence-electron chi connectivity index (χ1n) is 6.08. The summed E-state index contributed by atoms with van der Waals surface area (Å²) in [6, 6.07) is -0.190. The van der Waals surface area contributed by atoms with Gasteiger partial charge in [-0.05, 0) is 26.4 Å². The minimum atomic E-state index is -0.392. The Morgan fingerprint density at radius 2 is 2.18 bits per heavy atom. The third-order valence-corrected chi connectivity index (χ3v) is 2.71. The largest absolute Gasteiger partial charge is 0.370 e. The molecule has 98 valence electrons. The van der Waals surface area contributed by atoms with Crippen LogP contribution in [0.15, 0.2) is 0 Å². The standard InChI is InChI=1S/C11H22N4O2/c1-9(7-10(12)16)14-11(17)8-15-5-2-3-13-4-6-15/h9,13H,2-8H2,1H3,(H2,12,16)(H,14,17). The number of amides is 2. The minimum Gasteiger partial charge on any atom is -0.370 e. The molecule has 4 N–H and O–H groups in total.